The molecule has 7 nitrogen and oxygen atoms in total. The van der Waals surface area contributed by atoms with Gasteiger partial charge in [-0.1, -0.05) is 42.8 Å². The van der Waals surface area contributed by atoms with Crippen LogP contribution in [0.4, 0.5) is 4.39 Å². The topological polar surface area (TPSA) is 88.2 Å². The molecule has 0 radical (unpaired) electrons. The van der Waals surface area contributed by atoms with Crippen molar-refractivity contribution in [1.82, 2.24) is 25.1 Å². The minimum absolute atomic E-state index is 0.140. The molecule has 3 heterocycles. The minimum Gasteiger partial charge on any atom is -0.416 e. The fraction of sp³-hybridized carbons (Fsp3) is 0.438. The lowest BCUT2D eigenvalue weighted by molar-refractivity contribution is -0.0111. The molecule has 0 spiro atoms. The first-order valence-electron chi connectivity index (χ1n) is 14.4. The van der Waals surface area contributed by atoms with Crippen LogP contribution in [0.15, 0.2) is 52.0 Å². The SMILES string of the molecule is CCc1cccc(F)c1CC(O)N1CCC(c2nc(C)nc(C)c2-c2nnc(/C3=C/C=C(Cl)\C=C/CCC3)o2)CC1. The van der Waals surface area contributed by atoms with Crippen molar-refractivity contribution in [2.75, 3.05) is 13.1 Å². The van der Waals surface area contributed by atoms with Crippen LogP contribution in [0, 0.1) is 19.7 Å². The first-order chi connectivity index (χ1) is 19.8. The highest BCUT2D eigenvalue weighted by molar-refractivity contribution is 6.31. The molecule has 0 bridgehead atoms. The van der Waals surface area contributed by atoms with Gasteiger partial charge in [-0.15, -0.1) is 10.2 Å². The van der Waals surface area contributed by atoms with Crippen molar-refractivity contribution in [3.8, 4) is 11.5 Å². The van der Waals surface area contributed by atoms with Gasteiger partial charge in [-0.05, 0) is 81.7 Å². The molecule has 1 fully saturated rings. The van der Waals surface area contributed by atoms with E-state index in [0.29, 0.717) is 41.3 Å². The van der Waals surface area contributed by atoms with Gasteiger partial charge >= 0.3 is 0 Å². The number of benzene rings is 1. The van der Waals surface area contributed by atoms with Crippen LogP contribution in [0.1, 0.15) is 79.2 Å². The van der Waals surface area contributed by atoms with Crippen LogP contribution in [0.3, 0.4) is 0 Å². The van der Waals surface area contributed by atoms with Crippen molar-refractivity contribution in [1.29, 1.82) is 0 Å². The van der Waals surface area contributed by atoms with Crippen LogP contribution in [-0.2, 0) is 12.8 Å². The van der Waals surface area contributed by atoms with Crippen molar-refractivity contribution in [2.45, 2.75) is 77.9 Å². The normalized spacial score (nSPS) is 21.2. The Bertz CT molecular complexity index is 1470. The van der Waals surface area contributed by atoms with E-state index in [1.165, 1.54) is 6.07 Å². The zero-order valence-corrected chi connectivity index (χ0v) is 24.7. The number of piperidine rings is 1. The fourth-order valence-electron chi connectivity index (χ4n) is 5.80. The van der Waals surface area contributed by atoms with E-state index in [1.807, 2.05) is 50.0 Å². The van der Waals surface area contributed by atoms with Crippen molar-refractivity contribution >= 4 is 17.2 Å². The van der Waals surface area contributed by atoms with Gasteiger partial charge in [0.15, 0.2) is 0 Å². The lowest BCUT2D eigenvalue weighted by Crippen LogP contribution is -2.42. The average Bonchev–Trinajstić information content (AvgIpc) is 3.47. The van der Waals surface area contributed by atoms with Gasteiger partial charge < -0.3 is 9.52 Å². The molecule has 0 amide bonds. The maximum absolute atomic E-state index is 14.5. The van der Waals surface area contributed by atoms with Gasteiger partial charge in [0.2, 0.25) is 5.89 Å². The molecular formula is C32H37ClFN5O2. The molecule has 1 aliphatic heterocycles. The van der Waals surface area contributed by atoms with E-state index in [4.69, 9.17) is 21.0 Å². The zero-order valence-electron chi connectivity index (χ0n) is 23.9. The van der Waals surface area contributed by atoms with E-state index in [0.717, 1.165) is 66.6 Å². The monoisotopic (exact) mass is 577 g/mol. The number of aromatic nitrogens is 4. The van der Waals surface area contributed by atoms with Crippen LogP contribution in [-0.4, -0.2) is 49.5 Å². The predicted octanol–water partition coefficient (Wildman–Crippen LogP) is 6.83. The highest BCUT2D eigenvalue weighted by Crippen LogP contribution is 2.36. The summed E-state index contributed by atoms with van der Waals surface area (Å²) in [5, 5.41) is 20.5. The van der Waals surface area contributed by atoms with Crippen LogP contribution in [0.5, 0.6) is 0 Å². The fourth-order valence-corrected chi connectivity index (χ4v) is 5.95. The Morgan fingerprint density at radius 3 is 2.68 bits per heavy atom. The predicted molar refractivity (Wildman–Crippen MR) is 159 cm³/mol. The van der Waals surface area contributed by atoms with Crippen LogP contribution in [0.2, 0.25) is 0 Å². The number of hydrogen-bond donors (Lipinski definition) is 1. The lowest BCUT2D eigenvalue weighted by Gasteiger charge is -2.35. The molecule has 9 heteroatoms. The number of allylic oxidation sites excluding steroid dienone is 6. The maximum atomic E-state index is 14.5. The first-order valence-corrected chi connectivity index (χ1v) is 14.8. The van der Waals surface area contributed by atoms with E-state index in [9.17, 15) is 9.50 Å². The standard InChI is InChI=1S/C32H37ClFN5O2/c1-4-22-10-8-12-27(34)26(22)19-28(40)39-17-15-23(16-18-39)30-29(20(2)35-21(3)36-30)32-38-37-31(41-32)24-9-6-5-7-11-25(33)14-13-24/h7-8,10-14,23,28,40H,4-6,9,15-19H2,1-3H3/b11-7-,24-13+,25-14+. The van der Waals surface area contributed by atoms with Gasteiger partial charge in [-0.2, -0.15) is 0 Å². The third-order valence-corrected chi connectivity index (χ3v) is 8.25. The number of aliphatic hydroxyl groups is 1. The minimum atomic E-state index is -0.746. The Hall–Kier alpha value is -3.20. The first kappa shape index (κ1) is 29.3. The molecule has 1 aliphatic carbocycles. The third-order valence-electron chi connectivity index (χ3n) is 8.00. The Balaban J connectivity index is 1.34. The molecule has 1 atom stereocenters. The Morgan fingerprint density at radius 2 is 1.90 bits per heavy atom. The number of likely N-dealkylation sites (tertiary alicyclic amines) is 1. The van der Waals surface area contributed by atoms with Gasteiger partial charge in [0.25, 0.3) is 5.89 Å². The summed E-state index contributed by atoms with van der Waals surface area (Å²) in [5.41, 5.74) is 4.97. The summed E-state index contributed by atoms with van der Waals surface area (Å²) in [4.78, 5) is 11.5. The Morgan fingerprint density at radius 1 is 1.12 bits per heavy atom. The number of hydrogen-bond acceptors (Lipinski definition) is 7. The van der Waals surface area contributed by atoms with Gasteiger partial charge in [-0.3, -0.25) is 4.90 Å². The number of halogens is 2. The van der Waals surface area contributed by atoms with Crippen molar-refractivity contribution < 1.29 is 13.9 Å². The van der Waals surface area contributed by atoms with Crippen LogP contribution >= 0.6 is 11.6 Å². The molecule has 0 saturated carbocycles. The second kappa shape index (κ2) is 13.2. The molecule has 41 heavy (non-hydrogen) atoms. The summed E-state index contributed by atoms with van der Waals surface area (Å²) in [7, 11) is 0. The summed E-state index contributed by atoms with van der Waals surface area (Å²) in [6.45, 7) is 7.19. The molecule has 216 valence electrons. The van der Waals surface area contributed by atoms with E-state index >= 15 is 0 Å². The second-order valence-electron chi connectivity index (χ2n) is 10.8. The van der Waals surface area contributed by atoms with Crippen LogP contribution < -0.4 is 0 Å². The molecule has 2 aliphatic rings. The molecule has 1 aromatic carbocycles. The number of aliphatic hydroxyl groups excluding tert-OH is 1. The number of aryl methyl sites for hydroxylation is 3. The molecule has 3 aromatic rings. The van der Waals surface area contributed by atoms with E-state index in [-0.39, 0.29) is 18.2 Å². The molecule has 1 unspecified atom stereocenters. The van der Waals surface area contributed by atoms with Gasteiger partial charge in [0, 0.05) is 36.0 Å². The van der Waals surface area contributed by atoms with Crippen molar-refractivity contribution in [3.05, 3.63) is 87.6 Å². The van der Waals surface area contributed by atoms with Crippen LogP contribution in [0.25, 0.3) is 17.0 Å². The molecular weight excluding hydrogens is 541 g/mol. The summed E-state index contributed by atoms with van der Waals surface area (Å²) >= 11 is 6.26. The molecule has 1 N–H and O–H groups in total. The Labute approximate surface area is 245 Å². The lowest BCUT2D eigenvalue weighted by atomic mass is 9.89. The highest BCUT2D eigenvalue weighted by Gasteiger charge is 2.30. The zero-order chi connectivity index (χ0) is 28.9. The van der Waals surface area contributed by atoms with Crippen molar-refractivity contribution in [3.63, 3.8) is 0 Å². The summed E-state index contributed by atoms with van der Waals surface area (Å²) in [6, 6.07) is 5.13. The highest BCUT2D eigenvalue weighted by atomic mass is 35.5. The Kier molecular flexibility index (Phi) is 9.42. The van der Waals surface area contributed by atoms with Gasteiger partial charge in [0.1, 0.15) is 17.9 Å². The molecule has 1 saturated heterocycles. The maximum Gasteiger partial charge on any atom is 0.251 e. The smallest absolute Gasteiger partial charge is 0.251 e. The van der Waals surface area contributed by atoms with E-state index < -0.39 is 6.23 Å². The number of nitrogens with zero attached hydrogens (tertiary/aromatic N) is 5. The van der Waals surface area contributed by atoms with E-state index in [2.05, 4.69) is 21.3 Å². The summed E-state index contributed by atoms with van der Waals surface area (Å²) in [6.07, 6.45) is 12.3. The van der Waals surface area contributed by atoms with Crippen molar-refractivity contribution in [2.24, 2.45) is 0 Å². The third kappa shape index (κ3) is 6.83. The molecule has 5 rings (SSSR count). The summed E-state index contributed by atoms with van der Waals surface area (Å²) < 4.78 is 20.8. The van der Waals surface area contributed by atoms with E-state index in [1.54, 1.807) is 6.07 Å². The van der Waals surface area contributed by atoms with Gasteiger partial charge in [0.05, 0.1) is 17.0 Å². The molecule has 2 aromatic heterocycles. The number of rotatable bonds is 7. The van der Waals surface area contributed by atoms with Gasteiger partial charge in [-0.25, -0.2) is 14.4 Å². The second-order valence-corrected chi connectivity index (χ2v) is 11.2. The largest absolute Gasteiger partial charge is 0.416 e. The quantitative estimate of drug-likeness (QED) is 0.329. The summed E-state index contributed by atoms with van der Waals surface area (Å²) in [5.74, 6) is 1.47. The average molecular weight is 578 g/mol.